The van der Waals surface area contributed by atoms with Crippen molar-refractivity contribution in [2.45, 2.75) is 12.1 Å². The van der Waals surface area contributed by atoms with E-state index in [1.165, 1.54) is 10.6 Å². The van der Waals surface area contributed by atoms with Crippen molar-refractivity contribution in [2.24, 2.45) is 0 Å². The van der Waals surface area contributed by atoms with Gasteiger partial charge in [-0.05, 0) is 42.8 Å². The highest BCUT2D eigenvalue weighted by atomic mass is 32.2. The van der Waals surface area contributed by atoms with Crippen LogP contribution in [0.25, 0.3) is 16.6 Å². The van der Waals surface area contributed by atoms with E-state index in [4.69, 9.17) is 0 Å². The van der Waals surface area contributed by atoms with Gasteiger partial charge in [0.25, 0.3) is 5.56 Å². The van der Waals surface area contributed by atoms with E-state index in [-0.39, 0.29) is 23.5 Å². The maximum atomic E-state index is 13.3. The molecule has 1 aromatic heterocycles. The summed E-state index contributed by atoms with van der Waals surface area (Å²) in [5, 5.41) is 5.64. The number of anilines is 1. The Kier molecular flexibility index (Phi) is 7.21. The number of para-hydroxylation sites is 2. The van der Waals surface area contributed by atoms with Crippen molar-refractivity contribution in [1.29, 1.82) is 0 Å². The molecule has 0 bridgehead atoms. The minimum atomic E-state index is -1.09. The molecule has 0 aliphatic rings. The molecule has 0 saturated heterocycles. The number of aryl methyl sites for hydroxylation is 1. The predicted molar refractivity (Wildman–Crippen MR) is 131 cm³/mol. The van der Waals surface area contributed by atoms with E-state index < -0.39 is 23.4 Å². The number of aromatic nitrogens is 2. The Morgan fingerprint density at radius 3 is 2.49 bits per heavy atom. The largest absolute Gasteiger partial charge is 0.346 e. The number of fused-ring (bicyclic) bond motifs is 1. The topological polar surface area (TPSA) is 93.1 Å². The average Bonchev–Trinajstić information content (AvgIpc) is 2.84. The second-order valence-corrected chi connectivity index (χ2v) is 8.52. The van der Waals surface area contributed by atoms with Crippen LogP contribution >= 0.6 is 11.8 Å². The molecule has 0 aliphatic carbocycles. The molecule has 0 unspecified atom stereocenters. The van der Waals surface area contributed by atoms with Gasteiger partial charge in [-0.15, -0.1) is 0 Å². The summed E-state index contributed by atoms with van der Waals surface area (Å²) in [5.41, 5.74) is 1.85. The van der Waals surface area contributed by atoms with Crippen molar-refractivity contribution in [3.8, 4) is 5.69 Å². The zero-order valence-corrected chi connectivity index (χ0v) is 19.4. The lowest BCUT2D eigenvalue weighted by Gasteiger charge is -2.15. The third-order valence-corrected chi connectivity index (χ3v) is 6.02. The molecule has 0 radical (unpaired) electrons. The molecule has 2 N–H and O–H groups in total. The van der Waals surface area contributed by atoms with E-state index in [2.05, 4.69) is 15.6 Å². The molecule has 10 heteroatoms. The zero-order valence-electron chi connectivity index (χ0n) is 18.5. The summed E-state index contributed by atoms with van der Waals surface area (Å²) in [7, 11) is 0. The van der Waals surface area contributed by atoms with Crippen LogP contribution < -0.4 is 16.2 Å². The van der Waals surface area contributed by atoms with Crippen LogP contribution in [0.2, 0.25) is 0 Å². The molecule has 0 aliphatic heterocycles. The van der Waals surface area contributed by atoms with Crippen LogP contribution in [0.15, 0.2) is 76.7 Å². The lowest BCUT2D eigenvalue weighted by molar-refractivity contribution is -0.122. The number of halogens is 2. The molecule has 3 aromatic carbocycles. The van der Waals surface area contributed by atoms with E-state index >= 15 is 0 Å². The van der Waals surface area contributed by atoms with Gasteiger partial charge in [0.1, 0.15) is 0 Å². The van der Waals surface area contributed by atoms with Crippen molar-refractivity contribution in [1.82, 2.24) is 14.9 Å². The minimum Gasteiger partial charge on any atom is -0.346 e. The highest BCUT2D eigenvalue weighted by Gasteiger charge is 2.16. The summed E-state index contributed by atoms with van der Waals surface area (Å²) in [6.45, 7) is 1.51. The number of amides is 2. The van der Waals surface area contributed by atoms with Crippen LogP contribution in [0, 0.1) is 18.6 Å². The molecular weight excluding hydrogens is 474 g/mol. The van der Waals surface area contributed by atoms with Crippen LogP contribution in [0.5, 0.6) is 0 Å². The number of rotatable bonds is 7. The van der Waals surface area contributed by atoms with Crippen LogP contribution in [-0.2, 0) is 9.59 Å². The second-order valence-electron chi connectivity index (χ2n) is 7.58. The first kappa shape index (κ1) is 24.1. The first-order chi connectivity index (χ1) is 16.8. The molecular formula is C25H20F2N4O3S. The average molecular weight is 495 g/mol. The molecule has 1 heterocycles. The number of carbonyl (C=O) groups excluding carboxylic acids is 2. The standard InChI is InChI=1S/C25H20F2N4O3S/c1-15-6-2-5-9-21(15)31-24(34)17-7-3-4-8-20(17)30-25(31)35-14-23(33)28-13-22(32)29-16-10-11-18(26)19(27)12-16/h2-12H,13-14H2,1H3,(H,28,33)(H,29,32). The van der Waals surface area contributed by atoms with Crippen molar-refractivity contribution in [3.05, 3.63) is 94.3 Å². The summed E-state index contributed by atoms with van der Waals surface area (Å²) in [6, 6.07) is 17.3. The molecule has 2 amide bonds. The number of nitrogens with one attached hydrogen (secondary N) is 2. The minimum absolute atomic E-state index is 0.0696. The Bertz CT molecular complexity index is 1490. The summed E-state index contributed by atoms with van der Waals surface area (Å²) >= 11 is 1.06. The fraction of sp³-hybridized carbons (Fsp3) is 0.120. The number of hydrogen-bond donors (Lipinski definition) is 2. The number of nitrogens with zero attached hydrogens (tertiary/aromatic N) is 2. The maximum Gasteiger partial charge on any atom is 0.266 e. The Labute approximate surface area is 203 Å². The van der Waals surface area contributed by atoms with Crippen LogP contribution in [-0.4, -0.2) is 33.7 Å². The number of thioether (sulfide) groups is 1. The van der Waals surface area contributed by atoms with Crippen LogP contribution in [0.3, 0.4) is 0 Å². The lowest BCUT2D eigenvalue weighted by Crippen LogP contribution is -2.34. The number of hydrogen-bond acceptors (Lipinski definition) is 5. The number of carbonyl (C=O) groups is 2. The molecule has 0 atom stereocenters. The molecule has 0 saturated carbocycles. The highest BCUT2D eigenvalue weighted by molar-refractivity contribution is 7.99. The Morgan fingerprint density at radius 2 is 1.71 bits per heavy atom. The van der Waals surface area contributed by atoms with Gasteiger partial charge < -0.3 is 10.6 Å². The van der Waals surface area contributed by atoms with Gasteiger partial charge in [-0.2, -0.15) is 0 Å². The van der Waals surface area contributed by atoms with Crippen molar-refractivity contribution < 1.29 is 18.4 Å². The SMILES string of the molecule is Cc1ccccc1-n1c(SCC(=O)NCC(=O)Nc2ccc(F)c(F)c2)nc2ccccc2c1=O. The maximum absolute atomic E-state index is 13.3. The van der Waals surface area contributed by atoms with Gasteiger partial charge in [0.15, 0.2) is 16.8 Å². The Morgan fingerprint density at radius 1 is 0.971 bits per heavy atom. The molecule has 4 aromatic rings. The summed E-state index contributed by atoms with van der Waals surface area (Å²) in [5.74, 6) is -3.29. The number of benzene rings is 3. The molecule has 35 heavy (non-hydrogen) atoms. The van der Waals surface area contributed by atoms with Gasteiger partial charge in [0, 0.05) is 11.8 Å². The molecule has 0 fully saturated rings. The van der Waals surface area contributed by atoms with Gasteiger partial charge in [0.05, 0.1) is 28.9 Å². The fourth-order valence-electron chi connectivity index (χ4n) is 3.37. The van der Waals surface area contributed by atoms with Crippen molar-refractivity contribution >= 4 is 40.2 Å². The van der Waals surface area contributed by atoms with Crippen LogP contribution in [0.1, 0.15) is 5.56 Å². The first-order valence-electron chi connectivity index (χ1n) is 10.6. The van der Waals surface area contributed by atoms with E-state index in [0.717, 1.165) is 29.5 Å². The Hall–Kier alpha value is -4.05. The summed E-state index contributed by atoms with van der Waals surface area (Å²) in [6.07, 6.45) is 0. The smallest absolute Gasteiger partial charge is 0.266 e. The first-order valence-corrected chi connectivity index (χ1v) is 11.5. The summed E-state index contributed by atoms with van der Waals surface area (Å²) in [4.78, 5) is 42.3. The van der Waals surface area contributed by atoms with Gasteiger partial charge >= 0.3 is 0 Å². The normalized spacial score (nSPS) is 10.8. The zero-order chi connectivity index (χ0) is 24.9. The molecule has 4 rings (SSSR count). The third kappa shape index (κ3) is 5.55. The molecule has 0 spiro atoms. The van der Waals surface area contributed by atoms with Crippen molar-refractivity contribution in [3.63, 3.8) is 0 Å². The van der Waals surface area contributed by atoms with Crippen molar-refractivity contribution in [2.75, 3.05) is 17.6 Å². The lowest BCUT2D eigenvalue weighted by atomic mass is 10.2. The molecule has 7 nitrogen and oxygen atoms in total. The van der Waals surface area contributed by atoms with E-state index in [1.54, 1.807) is 30.3 Å². The molecule has 178 valence electrons. The van der Waals surface area contributed by atoms with Crippen LogP contribution in [0.4, 0.5) is 14.5 Å². The van der Waals surface area contributed by atoms with Gasteiger partial charge in [-0.3, -0.25) is 19.0 Å². The van der Waals surface area contributed by atoms with E-state index in [0.29, 0.717) is 21.7 Å². The van der Waals surface area contributed by atoms with Gasteiger partial charge in [0.2, 0.25) is 11.8 Å². The third-order valence-electron chi connectivity index (χ3n) is 5.08. The van der Waals surface area contributed by atoms with E-state index in [1.807, 2.05) is 25.1 Å². The fourth-order valence-corrected chi connectivity index (χ4v) is 4.21. The Balaban J connectivity index is 1.47. The summed E-state index contributed by atoms with van der Waals surface area (Å²) < 4.78 is 27.8. The predicted octanol–water partition coefficient (Wildman–Crippen LogP) is 3.82. The highest BCUT2D eigenvalue weighted by Crippen LogP contribution is 2.23. The quantitative estimate of drug-likeness (QED) is 0.301. The monoisotopic (exact) mass is 494 g/mol. The van der Waals surface area contributed by atoms with Gasteiger partial charge in [-0.1, -0.05) is 42.1 Å². The van der Waals surface area contributed by atoms with Gasteiger partial charge in [-0.25, -0.2) is 13.8 Å². The van der Waals surface area contributed by atoms with E-state index in [9.17, 15) is 23.2 Å². The second kappa shape index (κ2) is 10.5.